The van der Waals surface area contributed by atoms with E-state index >= 15 is 0 Å². The number of rotatable bonds is 12. The molecular formula is C27H34O2. The Morgan fingerprint density at radius 1 is 0.655 bits per heavy atom. The minimum Gasteiger partial charge on any atom is -0.497 e. The first-order valence-electron chi connectivity index (χ1n) is 11.0. The summed E-state index contributed by atoms with van der Waals surface area (Å²) in [5.74, 6) is 0.953. The van der Waals surface area contributed by atoms with E-state index in [1.165, 1.54) is 53.1 Å². The monoisotopic (exact) mass is 390 g/mol. The highest BCUT2D eigenvalue weighted by Crippen LogP contribution is 2.26. The molecule has 0 aromatic heterocycles. The zero-order valence-electron chi connectivity index (χ0n) is 17.7. The largest absolute Gasteiger partial charge is 0.497 e. The van der Waals surface area contributed by atoms with Gasteiger partial charge in [0.1, 0.15) is 5.75 Å². The summed E-state index contributed by atoms with van der Waals surface area (Å²) < 4.78 is 5.31. The van der Waals surface area contributed by atoms with Crippen LogP contribution < -0.4 is 4.74 Å². The molecule has 0 bridgehead atoms. The average Bonchev–Trinajstić information content (AvgIpc) is 2.77. The van der Waals surface area contributed by atoms with Gasteiger partial charge in [0.05, 0.1) is 7.11 Å². The van der Waals surface area contributed by atoms with Gasteiger partial charge >= 0.3 is 0 Å². The maximum atomic E-state index is 9.04. The van der Waals surface area contributed by atoms with Gasteiger partial charge < -0.3 is 9.84 Å². The number of aliphatic hydroxyl groups excluding tert-OH is 1. The average molecular weight is 391 g/mol. The van der Waals surface area contributed by atoms with Gasteiger partial charge in [-0.1, -0.05) is 61.4 Å². The summed E-state index contributed by atoms with van der Waals surface area (Å²) in [6.07, 6.45) is 10.3. The van der Waals surface area contributed by atoms with Crippen LogP contribution in [0.5, 0.6) is 5.75 Å². The molecule has 3 aromatic rings. The van der Waals surface area contributed by atoms with E-state index < -0.39 is 0 Å². The van der Waals surface area contributed by atoms with Crippen LogP contribution in [0.2, 0.25) is 0 Å². The van der Waals surface area contributed by atoms with Crippen molar-refractivity contribution in [3.63, 3.8) is 0 Å². The van der Waals surface area contributed by atoms with Gasteiger partial charge in [-0.3, -0.25) is 0 Å². The number of ether oxygens (including phenoxy) is 1. The normalized spacial score (nSPS) is 11.1. The highest BCUT2D eigenvalue weighted by Gasteiger charge is 2.06. The van der Waals surface area contributed by atoms with Crippen LogP contribution in [0.3, 0.4) is 0 Å². The lowest BCUT2D eigenvalue weighted by Crippen LogP contribution is -1.94. The van der Waals surface area contributed by atoms with Crippen molar-refractivity contribution in [1.82, 2.24) is 0 Å². The fourth-order valence-electron chi connectivity index (χ4n) is 4.11. The van der Waals surface area contributed by atoms with Crippen LogP contribution in [0.4, 0.5) is 0 Å². The summed E-state index contributed by atoms with van der Waals surface area (Å²) in [7, 11) is 1.73. The molecule has 0 aliphatic heterocycles. The minimum absolute atomic E-state index is 0.286. The van der Waals surface area contributed by atoms with Crippen LogP contribution in [-0.2, 0) is 19.3 Å². The lowest BCUT2D eigenvalue weighted by molar-refractivity contribution is 0.284. The molecule has 0 radical (unpaired) electrons. The van der Waals surface area contributed by atoms with Crippen molar-refractivity contribution in [2.24, 2.45) is 0 Å². The van der Waals surface area contributed by atoms with Gasteiger partial charge in [-0.15, -0.1) is 0 Å². The van der Waals surface area contributed by atoms with Crippen LogP contribution in [0.15, 0.2) is 60.7 Å². The molecule has 2 heteroatoms. The Hall–Kier alpha value is -2.32. The first kappa shape index (κ1) is 21.4. The van der Waals surface area contributed by atoms with E-state index in [1.807, 2.05) is 6.07 Å². The van der Waals surface area contributed by atoms with Gasteiger partial charge in [0.2, 0.25) is 0 Å². The molecule has 3 rings (SSSR count). The minimum atomic E-state index is 0.286. The first-order valence-corrected chi connectivity index (χ1v) is 11.0. The molecule has 0 saturated carbocycles. The van der Waals surface area contributed by atoms with Crippen LogP contribution >= 0.6 is 0 Å². The number of fused-ring (bicyclic) bond motifs is 1. The molecule has 0 saturated heterocycles. The van der Waals surface area contributed by atoms with Gasteiger partial charge in [-0.2, -0.15) is 0 Å². The highest BCUT2D eigenvalue weighted by atomic mass is 16.5. The molecule has 0 unspecified atom stereocenters. The Labute approximate surface area is 175 Å². The molecule has 0 atom stereocenters. The maximum absolute atomic E-state index is 9.04. The Morgan fingerprint density at radius 3 is 1.90 bits per heavy atom. The lowest BCUT2D eigenvalue weighted by atomic mass is 9.94. The summed E-state index contributed by atoms with van der Waals surface area (Å²) in [5.41, 5.74) is 4.25. The predicted octanol–water partition coefficient (Wildman–Crippen LogP) is 6.51. The van der Waals surface area contributed by atoms with Crippen molar-refractivity contribution < 1.29 is 9.84 Å². The standard InChI is InChI=1S/C27H34O2/c1-29-25-15-10-12-22(21-25)11-4-2-3-5-13-23-18-19-24(14-8-9-20-28)27-17-7-6-16-26(23)27/h6-7,10,12,15-19,21,28H,2-5,8-9,11,13-14,20H2,1H3. The Bertz CT molecular complexity index is 885. The Kier molecular flexibility index (Phi) is 8.58. The van der Waals surface area contributed by atoms with E-state index in [0.29, 0.717) is 0 Å². The zero-order chi connectivity index (χ0) is 20.3. The molecule has 0 fully saturated rings. The molecule has 0 amide bonds. The van der Waals surface area contributed by atoms with E-state index in [2.05, 4.69) is 54.6 Å². The quantitative estimate of drug-likeness (QED) is 0.357. The molecule has 29 heavy (non-hydrogen) atoms. The highest BCUT2D eigenvalue weighted by molar-refractivity contribution is 5.88. The van der Waals surface area contributed by atoms with Gasteiger partial charge in [0.25, 0.3) is 0 Å². The topological polar surface area (TPSA) is 29.5 Å². The van der Waals surface area contributed by atoms with Gasteiger partial charge in [0.15, 0.2) is 0 Å². The van der Waals surface area contributed by atoms with Crippen LogP contribution in [-0.4, -0.2) is 18.8 Å². The van der Waals surface area contributed by atoms with Gasteiger partial charge in [-0.25, -0.2) is 0 Å². The number of aliphatic hydroxyl groups is 1. The summed E-state index contributed by atoms with van der Waals surface area (Å²) in [6.45, 7) is 0.286. The molecule has 0 aliphatic rings. The first-order chi connectivity index (χ1) is 14.3. The van der Waals surface area contributed by atoms with E-state index in [9.17, 15) is 0 Å². The van der Waals surface area contributed by atoms with Crippen molar-refractivity contribution in [2.45, 2.75) is 57.8 Å². The number of unbranched alkanes of at least 4 members (excludes halogenated alkanes) is 4. The third kappa shape index (κ3) is 6.33. The van der Waals surface area contributed by atoms with E-state index in [0.717, 1.165) is 37.9 Å². The molecule has 3 aromatic carbocycles. The maximum Gasteiger partial charge on any atom is 0.119 e. The van der Waals surface area contributed by atoms with E-state index in [-0.39, 0.29) is 6.61 Å². The molecule has 0 heterocycles. The van der Waals surface area contributed by atoms with E-state index in [1.54, 1.807) is 7.11 Å². The smallest absolute Gasteiger partial charge is 0.119 e. The summed E-state index contributed by atoms with van der Waals surface area (Å²) >= 11 is 0. The Balaban J connectivity index is 1.48. The fourth-order valence-corrected chi connectivity index (χ4v) is 4.11. The number of methoxy groups -OCH3 is 1. The predicted molar refractivity (Wildman–Crippen MR) is 123 cm³/mol. The third-order valence-corrected chi connectivity index (χ3v) is 5.75. The van der Waals surface area contributed by atoms with Crippen molar-refractivity contribution in [2.75, 3.05) is 13.7 Å². The van der Waals surface area contributed by atoms with Crippen molar-refractivity contribution in [1.29, 1.82) is 0 Å². The second-order valence-corrected chi connectivity index (χ2v) is 7.88. The number of hydrogen-bond donors (Lipinski definition) is 1. The third-order valence-electron chi connectivity index (χ3n) is 5.75. The fraction of sp³-hybridized carbons (Fsp3) is 0.407. The molecule has 154 valence electrons. The lowest BCUT2D eigenvalue weighted by Gasteiger charge is -2.11. The zero-order valence-corrected chi connectivity index (χ0v) is 17.7. The van der Waals surface area contributed by atoms with Crippen LogP contribution in [0, 0.1) is 0 Å². The SMILES string of the molecule is COc1cccc(CCCCCCc2ccc(CCCCO)c3ccccc23)c1. The van der Waals surface area contributed by atoms with E-state index in [4.69, 9.17) is 9.84 Å². The second kappa shape index (κ2) is 11.6. The van der Waals surface area contributed by atoms with Gasteiger partial charge in [0, 0.05) is 6.61 Å². The van der Waals surface area contributed by atoms with Crippen LogP contribution in [0.1, 0.15) is 55.2 Å². The van der Waals surface area contributed by atoms with Crippen molar-refractivity contribution in [3.05, 3.63) is 77.4 Å². The number of hydrogen-bond acceptors (Lipinski definition) is 2. The summed E-state index contributed by atoms with van der Waals surface area (Å²) in [6, 6.07) is 21.9. The number of aryl methyl sites for hydroxylation is 3. The van der Waals surface area contributed by atoms with Crippen molar-refractivity contribution >= 4 is 10.8 Å². The summed E-state index contributed by atoms with van der Waals surface area (Å²) in [5, 5.41) is 11.8. The molecule has 0 spiro atoms. The molecule has 1 N–H and O–H groups in total. The van der Waals surface area contributed by atoms with Gasteiger partial charge in [-0.05, 0) is 84.5 Å². The molecule has 0 aliphatic carbocycles. The molecular weight excluding hydrogens is 356 g/mol. The second-order valence-electron chi connectivity index (χ2n) is 7.88. The molecule has 2 nitrogen and oxygen atoms in total. The summed E-state index contributed by atoms with van der Waals surface area (Å²) in [4.78, 5) is 0. The van der Waals surface area contributed by atoms with Crippen molar-refractivity contribution in [3.8, 4) is 5.75 Å². The number of benzene rings is 3. The van der Waals surface area contributed by atoms with Crippen LogP contribution in [0.25, 0.3) is 10.8 Å². The Morgan fingerprint density at radius 2 is 1.28 bits per heavy atom.